The molecule has 0 heterocycles. The minimum Gasteiger partial charge on any atom is -0.370 e. The lowest BCUT2D eigenvalue weighted by Gasteiger charge is -2.08. The van der Waals surface area contributed by atoms with Crippen LogP contribution in [0.15, 0.2) is 0 Å². The second-order valence-corrected chi connectivity index (χ2v) is 6.81. The molecule has 0 aliphatic heterocycles. The summed E-state index contributed by atoms with van der Waals surface area (Å²) in [5, 5.41) is 0. The summed E-state index contributed by atoms with van der Waals surface area (Å²) >= 11 is 0. The van der Waals surface area contributed by atoms with Crippen LogP contribution in [0.4, 0.5) is 0 Å². The quantitative estimate of drug-likeness (QED) is 0.350. The van der Waals surface area contributed by atoms with Crippen molar-refractivity contribution in [3.8, 4) is 0 Å². The van der Waals surface area contributed by atoms with Gasteiger partial charge in [0.2, 0.25) is 5.91 Å². The van der Waals surface area contributed by atoms with Crippen molar-refractivity contribution in [3.05, 3.63) is 0 Å². The van der Waals surface area contributed by atoms with Gasteiger partial charge in [-0.25, -0.2) is 0 Å². The highest BCUT2D eigenvalue weighted by atomic mass is 16.1. The highest BCUT2D eigenvalue weighted by Gasteiger charge is 2.05. The van der Waals surface area contributed by atoms with Crippen molar-refractivity contribution >= 4 is 5.91 Å². The first kappa shape index (κ1) is 20.5. The molecular formula is C19H39NO. The standard InChI is InChI=1S/C19H39NO/c1-3-4-5-6-7-8-9-10-11-12-13-14-15-16-18(2)17-19(20)21/h18H,3-17H2,1-2H3,(H2,20,21). The third kappa shape index (κ3) is 17.4. The van der Waals surface area contributed by atoms with E-state index in [0.29, 0.717) is 12.3 Å². The van der Waals surface area contributed by atoms with Crippen molar-refractivity contribution in [1.82, 2.24) is 0 Å². The molecule has 21 heavy (non-hydrogen) atoms. The lowest BCUT2D eigenvalue weighted by atomic mass is 9.98. The molecule has 0 radical (unpaired) electrons. The molecule has 1 atom stereocenters. The third-order valence-corrected chi connectivity index (χ3v) is 4.35. The number of nitrogens with two attached hydrogens (primary N) is 1. The van der Waals surface area contributed by atoms with Crippen molar-refractivity contribution < 1.29 is 4.79 Å². The predicted molar refractivity (Wildman–Crippen MR) is 93.3 cm³/mol. The molecule has 0 spiro atoms. The van der Waals surface area contributed by atoms with E-state index in [2.05, 4.69) is 13.8 Å². The first-order valence-corrected chi connectivity index (χ1v) is 9.45. The summed E-state index contributed by atoms with van der Waals surface area (Å²) in [6.07, 6.45) is 19.8. The Morgan fingerprint density at radius 1 is 0.762 bits per heavy atom. The van der Waals surface area contributed by atoms with Crippen LogP contribution in [0.2, 0.25) is 0 Å². The van der Waals surface area contributed by atoms with E-state index in [0.717, 1.165) is 6.42 Å². The second kappa shape index (κ2) is 15.9. The van der Waals surface area contributed by atoms with Gasteiger partial charge in [0.15, 0.2) is 0 Å². The average Bonchev–Trinajstić information content (AvgIpc) is 2.43. The van der Waals surface area contributed by atoms with E-state index in [-0.39, 0.29) is 5.91 Å². The van der Waals surface area contributed by atoms with Crippen LogP contribution in [0.25, 0.3) is 0 Å². The number of carbonyl (C=O) groups is 1. The maximum Gasteiger partial charge on any atom is 0.217 e. The maximum absolute atomic E-state index is 10.8. The molecule has 0 rings (SSSR count). The van der Waals surface area contributed by atoms with Crippen LogP contribution in [0.5, 0.6) is 0 Å². The smallest absolute Gasteiger partial charge is 0.217 e. The third-order valence-electron chi connectivity index (χ3n) is 4.35. The highest BCUT2D eigenvalue weighted by Crippen LogP contribution is 2.15. The minimum atomic E-state index is -0.155. The first-order valence-electron chi connectivity index (χ1n) is 9.45. The highest BCUT2D eigenvalue weighted by molar-refractivity contribution is 5.73. The molecule has 0 aromatic carbocycles. The Kier molecular flexibility index (Phi) is 15.5. The average molecular weight is 298 g/mol. The fraction of sp³-hybridized carbons (Fsp3) is 0.947. The van der Waals surface area contributed by atoms with Crippen LogP contribution in [-0.4, -0.2) is 5.91 Å². The van der Waals surface area contributed by atoms with Crippen LogP contribution >= 0.6 is 0 Å². The summed E-state index contributed by atoms with van der Waals surface area (Å²) in [7, 11) is 0. The van der Waals surface area contributed by atoms with Gasteiger partial charge in [0, 0.05) is 6.42 Å². The molecule has 0 aromatic heterocycles. The number of rotatable bonds is 16. The SMILES string of the molecule is CCCCCCCCCCCCCCCC(C)CC(N)=O. The Morgan fingerprint density at radius 3 is 1.52 bits per heavy atom. The molecule has 0 aliphatic carbocycles. The number of hydrogen-bond donors (Lipinski definition) is 1. The predicted octanol–water partition coefficient (Wildman–Crippen LogP) is 5.98. The van der Waals surface area contributed by atoms with Crippen LogP contribution < -0.4 is 5.73 Å². The van der Waals surface area contributed by atoms with E-state index in [1.807, 2.05) is 0 Å². The Balaban J connectivity index is 3.07. The Hall–Kier alpha value is -0.530. The molecule has 2 heteroatoms. The number of amides is 1. The van der Waals surface area contributed by atoms with E-state index in [1.54, 1.807) is 0 Å². The normalized spacial score (nSPS) is 12.5. The number of unbranched alkanes of at least 4 members (excludes halogenated alkanes) is 12. The molecule has 126 valence electrons. The summed E-state index contributed by atoms with van der Waals surface area (Å²) in [6.45, 7) is 4.41. The lowest BCUT2D eigenvalue weighted by Crippen LogP contribution is -2.14. The first-order chi connectivity index (χ1) is 10.2. The van der Waals surface area contributed by atoms with Crippen LogP contribution in [0, 0.1) is 5.92 Å². The largest absolute Gasteiger partial charge is 0.370 e. The van der Waals surface area contributed by atoms with E-state index in [1.165, 1.54) is 83.5 Å². The fourth-order valence-corrected chi connectivity index (χ4v) is 2.96. The van der Waals surface area contributed by atoms with Gasteiger partial charge in [-0.3, -0.25) is 4.79 Å². The topological polar surface area (TPSA) is 43.1 Å². The van der Waals surface area contributed by atoms with Crippen LogP contribution in [-0.2, 0) is 4.79 Å². The van der Waals surface area contributed by atoms with Gasteiger partial charge in [-0.05, 0) is 5.92 Å². The van der Waals surface area contributed by atoms with Gasteiger partial charge in [-0.15, -0.1) is 0 Å². The van der Waals surface area contributed by atoms with E-state index in [4.69, 9.17) is 5.73 Å². The molecule has 1 unspecified atom stereocenters. The van der Waals surface area contributed by atoms with E-state index in [9.17, 15) is 4.79 Å². The molecule has 0 aromatic rings. The molecule has 0 saturated heterocycles. The molecular weight excluding hydrogens is 258 g/mol. The van der Waals surface area contributed by atoms with Gasteiger partial charge < -0.3 is 5.73 Å². The molecule has 0 saturated carbocycles. The Bertz CT molecular complexity index is 228. The van der Waals surface area contributed by atoms with E-state index < -0.39 is 0 Å². The molecule has 2 nitrogen and oxygen atoms in total. The molecule has 1 amide bonds. The summed E-state index contributed by atoms with van der Waals surface area (Å²) in [6, 6.07) is 0. The Morgan fingerprint density at radius 2 is 1.14 bits per heavy atom. The van der Waals surface area contributed by atoms with Crippen LogP contribution in [0.3, 0.4) is 0 Å². The molecule has 0 fully saturated rings. The second-order valence-electron chi connectivity index (χ2n) is 6.81. The molecule has 2 N–H and O–H groups in total. The van der Waals surface area contributed by atoms with Gasteiger partial charge >= 0.3 is 0 Å². The zero-order valence-electron chi connectivity index (χ0n) is 14.7. The van der Waals surface area contributed by atoms with Crippen molar-refractivity contribution in [3.63, 3.8) is 0 Å². The van der Waals surface area contributed by atoms with Gasteiger partial charge in [-0.1, -0.05) is 104 Å². The van der Waals surface area contributed by atoms with Crippen molar-refractivity contribution in [2.24, 2.45) is 11.7 Å². The minimum absolute atomic E-state index is 0.155. The number of carbonyl (C=O) groups excluding carboxylic acids is 1. The van der Waals surface area contributed by atoms with Gasteiger partial charge in [0.1, 0.15) is 0 Å². The van der Waals surface area contributed by atoms with Crippen molar-refractivity contribution in [2.75, 3.05) is 0 Å². The van der Waals surface area contributed by atoms with Gasteiger partial charge in [0.05, 0.1) is 0 Å². The van der Waals surface area contributed by atoms with Crippen molar-refractivity contribution in [2.45, 2.75) is 110 Å². The number of hydrogen-bond acceptors (Lipinski definition) is 1. The summed E-state index contributed by atoms with van der Waals surface area (Å²) in [4.78, 5) is 10.8. The van der Waals surface area contributed by atoms with E-state index >= 15 is 0 Å². The zero-order valence-corrected chi connectivity index (χ0v) is 14.7. The summed E-state index contributed by atoms with van der Waals surface area (Å²) in [5.74, 6) is 0.312. The molecule has 0 aliphatic rings. The fourth-order valence-electron chi connectivity index (χ4n) is 2.96. The summed E-state index contributed by atoms with van der Waals surface area (Å²) in [5.41, 5.74) is 5.20. The van der Waals surface area contributed by atoms with Crippen LogP contribution in [0.1, 0.15) is 110 Å². The maximum atomic E-state index is 10.8. The lowest BCUT2D eigenvalue weighted by molar-refractivity contribution is -0.118. The zero-order chi connectivity index (χ0) is 15.8. The monoisotopic (exact) mass is 297 g/mol. The Labute approximate surface area is 133 Å². The summed E-state index contributed by atoms with van der Waals surface area (Å²) < 4.78 is 0. The van der Waals surface area contributed by atoms with Gasteiger partial charge in [0.25, 0.3) is 0 Å². The molecule has 0 bridgehead atoms. The van der Waals surface area contributed by atoms with Crippen molar-refractivity contribution in [1.29, 1.82) is 0 Å². The van der Waals surface area contributed by atoms with Gasteiger partial charge in [-0.2, -0.15) is 0 Å². The number of primary amides is 1.